The fourth-order valence-electron chi connectivity index (χ4n) is 2.69. The molecule has 0 aromatic heterocycles. The van der Waals surface area contributed by atoms with E-state index in [1.807, 2.05) is 0 Å². The second kappa shape index (κ2) is 3.01. The summed E-state index contributed by atoms with van der Waals surface area (Å²) in [5.74, 6) is 0.416. The summed E-state index contributed by atoms with van der Waals surface area (Å²) in [6.45, 7) is 0. The molecule has 0 aliphatic heterocycles. The number of amides is 1. The lowest BCUT2D eigenvalue weighted by Gasteiger charge is -2.26. The van der Waals surface area contributed by atoms with E-state index in [1.54, 1.807) is 0 Å². The van der Waals surface area contributed by atoms with Crippen molar-refractivity contribution < 1.29 is 10.0 Å². The van der Waals surface area contributed by atoms with Crippen LogP contribution in [0.4, 0.5) is 0 Å². The lowest BCUT2D eigenvalue weighted by Crippen LogP contribution is -2.34. The molecule has 2 atom stereocenters. The van der Waals surface area contributed by atoms with Crippen LogP contribution in [-0.4, -0.2) is 16.8 Å². The van der Waals surface area contributed by atoms with Crippen molar-refractivity contribution in [2.75, 3.05) is 0 Å². The molecule has 2 rings (SSSR count). The topological polar surface area (TPSA) is 75.7 Å². The molecule has 0 radical (unpaired) electrons. The van der Waals surface area contributed by atoms with Crippen LogP contribution in [0.5, 0.6) is 0 Å². The predicted octanol–water partition coefficient (Wildman–Crippen LogP) is 0.738. The van der Waals surface area contributed by atoms with Gasteiger partial charge in [0.05, 0.1) is 5.71 Å². The zero-order chi connectivity index (χ0) is 9.42. The third-order valence-corrected chi connectivity index (χ3v) is 3.36. The van der Waals surface area contributed by atoms with E-state index in [-0.39, 0.29) is 11.8 Å². The normalized spacial score (nSPS) is 37.5. The van der Waals surface area contributed by atoms with Crippen molar-refractivity contribution in [3.05, 3.63) is 0 Å². The van der Waals surface area contributed by atoms with E-state index >= 15 is 0 Å². The molecule has 1 amide bonds. The molecule has 2 saturated carbocycles. The second-order valence-corrected chi connectivity index (χ2v) is 4.07. The van der Waals surface area contributed by atoms with Crippen LogP contribution in [-0.2, 0) is 4.79 Å². The summed E-state index contributed by atoms with van der Waals surface area (Å²) in [4.78, 5) is 11.0. The van der Waals surface area contributed by atoms with Crippen molar-refractivity contribution >= 4 is 11.6 Å². The van der Waals surface area contributed by atoms with Crippen molar-refractivity contribution in [3.63, 3.8) is 0 Å². The van der Waals surface area contributed by atoms with Crippen molar-refractivity contribution in [2.45, 2.75) is 25.7 Å². The standard InChI is InChI=1S/C9H14N2O2/c10-9(12)7-3-5-1-2-6(4-7)8(5)11-13/h5-7,13H,1-4H2,(H2,10,12). The van der Waals surface area contributed by atoms with Crippen LogP contribution in [0.25, 0.3) is 0 Å². The molecular weight excluding hydrogens is 168 g/mol. The van der Waals surface area contributed by atoms with Gasteiger partial charge in [-0.3, -0.25) is 4.79 Å². The molecule has 0 aromatic rings. The van der Waals surface area contributed by atoms with Gasteiger partial charge in [-0.1, -0.05) is 5.16 Å². The highest BCUT2D eigenvalue weighted by Crippen LogP contribution is 2.42. The fraction of sp³-hybridized carbons (Fsp3) is 0.778. The third-order valence-electron chi connectivity index (χ3n) is 3.36. The Morgan fingerprint density at radius 1 is 1.38 bits per heavy atom. The molecule has 0 aromatic carbocycles. The maximum Gasteiger partial charge on any atom is 0.220 e. The zero-order valence-electron chi connectivity index (χ0n) is 7.44. The average Bonchev–Trinajstić information content (AvgIpc) is 2.34. The number of carbonyl (C=O) groups excluding carboxylic acids is 1. The van der Waals surface area contributed by atoms with E-state index in [4.69, 9.17) is 10.9 Å². The van der Waals surface area contributed by atoms with Crippen LogP contribution in [0.3, 0.4) is 0 Å². The van der Waals surface area contributed by atoms with Gasteiger partial charge in [-0.25, -0.2) is 0 Å². The summed E-state index contributed by atoms with van der Waals surface area (Å²) in [7, 11) is 0. The monoisotopic (exact) mass is 182 g/mol. The first-order valence-corrected chi connectivity index (χ1v) is 4.73. The van der Waals surface area contributed by atoms with Gasteiger partial charge in [-0.2, -0.15) is 0 Å². The molecule has 13 heavy (non-hydrogen) atoms. The highest BCUT2D eigenvalue weighted by Gasteiger charge is 2.41. The molecule has 0 spiro atoms. The van der Waals surface area contributed by atoms with Crippen molar-refractivity contribution in [1.29, 1.82) is 0 Å². The molecule has 2 aliphatic carbocycles. The molecular formula is C9H14N2O2. The largest absolute Gasteiger partial charge is 0.411 e. The van der Waals surface area contributed by atoms with E-state index in [0.29, 0.717) is 11.8 Å². The first-order chi connectivity index (χ1) is 6.22. The van der Waals surface area contributed by atoms with Gasteiger partial charge in [0.25, 0.3) is 0 Å². The Morgan fingerprint density at radius 2 is 1.92 bits per heavy atom. The summed E-state index contributed by atoms with van der Waals surface area (Å²) < 4.78 is 0. The number of nitrogens with two attached hydrogens (primary N) is 1. The molecule has 2 bridgehead atoms. The Kier molecular flexibility index (Phi) is 1.98. The molecule has 4 nitrogen and oxygen atoms in total. The van der Waals surface area contributed by atoms with Gasteiger partial charge in [-0.15, -0.1) is 0 Å². The lowest BCUT2D eigenvalue weighted by atomic mass is 9.79. The van der Waals surface area contributed by atoms with Crippen molar-refractivity contribution in [3.8, 4) is 0 Å². The molecule has 2 unspecified atom stereocenters. The average molecular weight is 182 g/mol. The van der Waals surface area contributed by atoms with Crippen LogP contribution in [0.15, 0.2) is 5.16 Å². The molecule has 4 heteroatoms. The van der Waals surface area contributed by atoms with Crippen molar-refractivity contribution in [1.82, 2.24) is 0 Å². The Morgan fingerprint density at radius 3 is 2.31 bits per heavy atom. The summed E-state index contributed by atoms with van der Waals surface area (Å²) in [6.07, 6.45) is 3.66. The third kappa shape index (κ3) is 1.30. The van der Waals surface area contributed by atoms with Crippen LogP contribution in [0.1, 0.15) is 25.7 Å². The number of rotatable bonds is 1. The van der Waals surface area contributed by atoms with Crippen LogP contribution in [0.2, 0.25) is 0 Å². The highest BCUT2D eigenvalue weighted by molar-refractivity contribution is 5.92. The van der Waals surface area contributed by atoms with E-state index in [9.17, 15) is 4.79 Å². The molecule has 2 aliphatic rings. The Balaban J connectivity index is 2.15. The lowest BCUT2D eigenvalue weighted by molar-refractivity contribution is -0.122. The summed E-state index contributed by atoms with van der Waals surface area (Å²) in [6, 6.07) is 0. The Hall–Kier alpha value is -1.06. The van der Waals surface area contributed by atoms with Crippen LogP contribution >= 0.6 is 0 Å². The van der Waals surface area contributed by atoms with Gasteiger partial charge >= 0.3 is 0 Å². The van der Waals surface area contributed by atoms with Gasteiger partial charge in [0.1, 0.15) is 0 Å². The minimum absolute atomic E-state index is 0.00278. The predicted molar refractivity (Wildman–Crippen MR) is 47.4 cm³/mol. The molecule has 72 valence electrons. The first-order valence-electron chi connectivity index (χ1n) is 4.73. The highest BCUT2D eigenvalue weighted by atomic mass is 16.4. The number of hydrogen-bond donors (Lipinski definition) is 2. The molecule has 0 heterocycles. The Labute approximate surface area is 76.8 Å². The minimum Gasteiger partial charge on any atom is -0.411 e. The second-order valence-electron chi connectivity index (χ2n) is 4.07. The maximum absolute atomic E-state index is 11.0. The smallest absolute Gasteiger partial charge is 0.220 e. The first kappa shape index (κ1) is 8.53. The minimum atomic E-state index is -0.200. The number of nitrogens with zero attached hydrogens (tertiary/aromatic N) is 1. The van der Waals surface area contributed by atoms with E-state index in [1.165, 1.54) is 0 Å². The summed E-state index contributed by atoms with van der Waals surface area (Å²) in [5.41, 5.74) is 6.17. The zero-order valence-corrected chi connectivity index (χ0v) is 7.44. The fourth-order valence-corrected chi connectivity index (χ4v) is 2.69. The SMILES string of the molecule is NC(=O)C1CC2CCC(C1)C2=NO. The quantitative estimate of drug-likeness (QED) is 0.463. The number of oxime groups is 1. The number of carbonyl (C=O) groups is 1. The maximum atomic E-state index is 11.0. The van der Waals surface area contributed by atoms with Crippen molar-refractivity contribution in [2.24, 2.45) is 28.6 Å². The molecule has 0 saturated heterocycles. The van der Waals surface area contributed by atoms with Gasteiger partial charge < -0.3 is 10.9 Å². The number of hydrogen-bond acceptors (Lipinski definition) is 3. The molecule has 2 fully saturated rings. The Bertz CT molecular complexity index is 246. The van der Waals surface area contributed by atoms with E-state index in [0.717, 1.165) is 31.4 Å². The summed E-state index contributed by atoms with van der Waals surface area (Å²) >= 11 is 0. The molecule has 3 N–H and O–H groups in total. The van der Waals surface area contributed by atoms with Gasteiger partial charge in [0.15, 0.2) is 0 Å². The van der Waals surface area contributed by atoms with Gasteiger partial charge in [-0.05, 0) is 25.7 Å². The van der Waals surface area contributed by atoms with Gasteiger partial charge in [0, 0.05) is 17.8 Å². The number of fused-ring (bicyclic) bond motifs is 2. The van der Waals surface area contributed by atoms with Crippen LogP contribution < -0.4 is 5.73 Å². The summed E-state index contributed by atoms with van der Waals surface area (Å²) in [5, 5.41) is 12.1. The van der Waals surface area contributed by atoms with E-state index < -0.39 is 0 Å². The number of primary amides is 1. The van der Waals surface area contributed by atoms with Crippen LogP contribution in [0, 0.1) is 17.8 Å². The van der Waals surface area contributed by atoms with Gasteiger partial charge in [0.2, 0.25) is 5.91 Å². The van der Waals surface area contributed by atoms with E-state index in [2.05, 4.69) is 5.16 Å².